The normalized spacial score (nSPS) is 10.3. The molecule has 2 amide bonds. The molecule has 0 rings (SSSR count). The van der Waals surface area contributed by atoms with Crippen LogP contribution >= 0.6 is 0 Å². The number of primary amides is 1. The molecule has 0 aromatic carbocycles. The third kappa shape index (κ3) is 8.24. The van der Waals surface area contributed by atoms with Crippen molar-refractivity contribution < 1.29 is 9.90 Å². The Balaban J connectivity index is 3.41. The van der Waals surface area contributed by atoms with Crippen molar-refractivity contribution in [3.8, 4) is 0 Å². The zero-order valence-corrected chi connectivity index (χ0v) is 9.74. The van der Waals surface area contributed by atoms with E-state index >= 15 is 0 Å². The van der Waals surface area contributed by atoms with Gasteiger partial charge in [0.25, 0.3) is 0 Å². The van der Waals surface area contributed by atoms with E-state index in [9.17, 15) is 4.79 Å². The van der Waals surface area contributed by atoms with Crippen LogP contribution in [0.2, 0.25) is 0 Å². The summed E-state index contributed by atoms with van der Waals surface area (Å²) >= 11 is 0. The molecule has 4 nitrogen and oxygen atoms in total. The highest BCUT2D eigenvalue weighted by Crippen LogP contribution is 2.05. The predicted molar refractivity (Wildman–Crippen MR) is 61.6 cm³/mol. The van der Waals surface area contributed by atoms with Gasteiger partial charge in [-0.3, -0.25) is 0 Å². The van der Waals surface area contributed by atoms with Gasteiger partial charge in [-0.25, -0.2) is 4.79 Å². The smallest absolute Gasteiger partial charge is 0.314 e. The fourth-order valence-corrected chi connectivity index (χ4v) is 1.54. The summed E-state index contributed by atoms with van der Waals surface area (Å²) in [5, 5.41) is 8.71. The summed E-state index contributed by atoms with van der Waals surface area (Å²) < 4.78 is 0. The molecule has 0 aliphatic rings. The number of aliphatic hydroxyl groups is 1. The standard InChI is InChI=1S/C11H24N2O2/c1-2-3-4-5-6-7-8-13(9-10-14)11(12)15/h14H,2-10H2,1H3,(H2,12,15). The predicted octanol–water partition coefficient (Wildman–Crippen LogP) is 1.72. The molecule has 0 aromatic rings. The SMILES string of the molecule is CCCCCCCCN(CCO)C(N)=O. The molecule has 0 bridgehead atoms. The zero-order chi connectivity index (χ0) is 11.5. The van der Waals surface area contributed by atoms with Gasteiger partial charge in [-0.15, -0.1) is 0 Å². The minimum absolute atomic E-state index is 0.0151. The molecule has 90 valence electrons. The number of aliphatic hydroxyl groups excluding tert-OH is 1. The molecule has 4 heteroatoms. The summed E-state index contributed by atoms with van der Waals surface area (Å²) in [4.78, 5) is 12.4. The number of amides is 2. The van der Waals surface area contributed by atoms with Gasteiger partial charge in [-0.05, 0) is 6.42 Å². The topological polar surface area (TPSA) is 66.6 Å². The van der Waals surface area contributed by atoms with Crippen LogP contribution in [0.15, 0.2) is 0 Å². The van der Waals surface area contributed by atoms with Crippen LogP contribution in [0.4, 0.5) is 4.79 Å². The van der Waals surface area contributed by atoms with Crippen molar-refractivity contribution in [3.05, 3.63) is 0 Å². The Morgan fingerprint density at radius 1 is 1.13 bits per heavy atom. The fraction of sp³-hybridized carbons (Fsp3) is 0.909. The lowest BCUT2D eigenvalue weighted by Crippen LogP contribution is -2.38. The number of nitrogens with zero attached hydrogens (tertiary/aromatic N) is 1. The average Bonchev–Trinajstić information content (AvgIpc) is 2.21. The van der Waals surface area contributed by atoms with Crippen molar-refractivity contribution >= 4 is 6.03 Å². The van der Waals surface area contributed by atoms with Crippen molar-refractivity contribution in [1.82, 2.24) is 4.90 Å². The molecule has 0 aliphatic carbocycles. The number of unbranched alkanes of at least 4 members (excludes halogenated alkanes) is 5. The molecule has 0 unspecified atom stereocenters. The van der Waals surface area contributed by atoms with Crippen molar-refractivity contribution in [2.45, 2.75) is 45.4 Å². The molecule has 0 saturated carbocycles. The quantitative estimate of drug-likeness (QED) is 0.576. The van der Waals surface area contributed by atoms with Crippen LogP contribution in [0, 0.1) is 0 Å². The Hall–Kier alpha value is -0.770. The first kappa shape index (κ1) is 14.2. The average molecular weight is 216 g/mol. The molecule has 0 heterocycles. The first-order valence-electron chi connectivity index (χ1n) is 5.87. The largest absolute Gasteiger partial charge is 0.395 e. The van der Waals surface area contributed by atoms with Gasteiger partial charge in [0.1, 0.15) is 0 Å². The molecular formula is C11H24N2O2. The fourth-order valence-electron chi connectivity index (χ4n) is 1.54. The lowest BCUT2D eigenvalue weighted by Gasteiger charge is -2.18. The van der Waals surface area contributed by atoms with Crippen LogP contribution in [-0.4, -0.2) is 35.7 Å². The second-order valence-corrected chi connectivity index (χ2v) is 3.82. The molecule has 0 radical (unpaired) electrons. The third-order valence-electron chi connectivity index (χ3n) is 2.46. The van der Waals surface area contributed by atoms with Gasteiger partial charge >= 0.3 is 6.03 Å². The maximum atomic E-state index is 10.9. The van der Waals surface area contributed by atoms with Crippen molar-refractivity contribution in [2.75, 3.05) is 19.7 Å². The van der Waals surface area contributed by atoms with Gasteiger partial charge in [-0.2, -0.15) is 0 Å². The summed E-state index contributed by atoms with van der Waals surface area (Å²) in [5.74, 6) is 0. The lowest BCUT2D eigenvalue weighted by atomic mass is 10.1. The van der Waals surface area contributed by atoms with E-state index in [-0.39, 0.29) is 6.61 Å². The first-order chi connectivity index (χ1) is 7.22. The highest BCUT2D eigenvalue weighted by molar-refractivity contribution is 5.71. The van der Waals surface area contributed by atoms with Gasteiger partial charge in [0.15, 0.2) is 0 Å². The minimum Gasteiger partial charge on any atom is -0.395 e. The van der Waals surface area contributed by atoms with Crippen LogP contribution in [0.1, 0.15) is 45.4 Å². The molecule has 15 heavy (non-hydrogen) atoms. The number of hydrogen-bond acceptors (Lipinski definition) is 2. The number of carbonyl (C=O) groups is 1. The Morgan fingerprint density at radius 3 is 2.27 bits per heavy atom. The van der Waals surface area contributed by atoms with Crippen LogP contribution in [-0.2, 0) is 0 Å². The summed E-state index contributed by atoms with van der Waals surface area (Å²) in [6, 6.07) is -0.433. The number of urea groups is 1. The van der Waals surface area contributed by atoms with E-state index in [0.717, 1.165) is 12.8 Å². The first-order valence-corrected chi connectivity index (χ1v) is 5.87. The van der Waals surface area contributed by atoms with Gasteiger partial charge in [-0.1, -0.05) is 39.0 Å². The second kappa shape index (κ2) is 9.77. The van der Waals surface area contributed by atoms with E-state index in [1.54, 1.807) is 0 Å². The third-order valence-corrected chi connectivity index (χ3v) is 2.46. The van der Waals surface area contributed by atoms with E-state index in [0.29, 0.717) is 13.1 Å². The lowest BCUT2D eigenvalue weighted by molar-refractivity contribution is 0.183. The highest BCUT2D eigenvalue weighted by atomic mass is 16.3. The summed E-state index contributed by atoms with van der Waals surface area (Å²) in [7, 11) is 0. The number of nitrogens with two attached hydrogens (primary N) is 1. The summed E-state index contributed by atoms with van der Waals surface area (Å²) in [5.41, 5.74) is 5.16. The van der Waals surface area contributed by atoms with E-state index < -0.39 is 6.03 Å². The molecule has 0 spiro atoms. The molecule has 0 aromatic heterocycles. The zero-order valence-electron chi connectivity index (χ0n) is 9.74. The molecule has 0 aliphatic heterocycles. The summed E-state index contributed by atoms with van der Waals surface area (Å²) in [6.07, 6.45) is 7.14. The number of carbonyl (C=O) groups excluding carboxylic acids is 1. The van der Waals surface area contributed by atoms with Gasteiger partial charge in [0.05, 0.1) is 6.61 Å². The van der Waals surface area contributed by atoms with E-state index in [1.807, 2.05) is 0 Å². The highest BCUT2D eigenvalue weighted by Gasteiger charge is 2.07. The Morgan fingerprint density at radius 2 is 1.73 bits per heavy atom. The minimum atomic E-state index is -0.433. The van der Waals surface area contributed by atoms with Crippen molar-refractivity contribution in [1.29, 1.82) is 0 Å². The summed E-state index contributed by atoms with van der Waals surface area (Å²) in [6.45, 7) is 3.20. The second-order valence-electron chi connectivity index (χ2n) is 3.82. The number of hydrogen-bond donors (Lipinski definition) is 2. The van der Waals surface area contributed by atoms with Crippen LogP contribution in [0.5, 0.6) is 0 Å². The van der Waals surface area contributed by atoms with Crippen LogP contribution in [0.3, 0.4) is 0 Å². The molecule has 0 atom stereocenters. The molecule has 3 N–H and O–H groups in total. The number of rotatable bonds is 9. The monoisotopic (exact) mass is 216 g/mol. The van der Waals surface area contributed by atoms with E-state index in [4.69, 9.17) is 10.8 Å². The van der Waals surface area contributed by atoms with Crippen molar-refractivity contribution in [2.24, 2.45) is 5.73 Å². The van der Waals surface area contributed by atoms with E-state index in [2.05, 4.69) is 6.92 Å². The van der Waals surface area contributed by atoms with Crippen LogP contribution < -0.4 is 5.73 Å². The van der Waals surface area contributed by atoms with Crippen molar-refractivity contribution in [3.63, 3.8) is 0 Å². The molecular weight excluding hydrogens is 192 g/mol. The van der Waals surface area contributed by atoms with Gasteiger partial charge in [0, 0.05) is 13.1 Å². The van der Waals surface area contributed by atoms with E-state index in [1.165, 1.54) is 30.6 Å². The Bertz CT molecular complexity index is 163. The van der Waals surface area contributed by atoms with Gasteiger partial charge in [0.2, 0.25) is 0 Å². The van der Waals surface area contributed by atoms with Crippen LogP contribution in [0.25, 0.3) is 0 Å². The maximum Gasteiger partial charge on any atom is 0.314 e. The Kier molecular flexibility index (Phi) is 9.27. The Labute approximate surface area is 92.4 Å². The van der Waals surface area contributed by atoms with Gasteiger partial charge < -0.3 is 15.7 Å². The maximum absolute atomic E-state index is 10.9. The molecule has 0 fully saturated rings. The molecule has 0 saturated heterocycles.